The van der Waals surface area contributed by atoms with Gasteiger partial charge in [0.25, 0.3) is 5.56 Å². The van der Waals surface area contributed by atoms with Crippen LogP contribution in [0.1, 0.15) is 25.0 Å². The number of fused-ring (bicyclic) bond motifs is 1. The van der Waals surface area contributed by atoms with Gasteiger partial charge in [-0.2, -0.15) is 0 Å². The van der Waals surface area contributed by atoms with Crippen LogP contribution in [0.15, 0.2) is 11.1 Å². The topological polar surface area (TPSA) is 56.6 Å². The number of aromatic nitrogens is 2. The third kappa shape index (κ3) is 3.27. The summed E-state index contributed by atoms with van der Waals surface area (Å²) in [5.74, 6) is 1.23. The van der Waals surface area contributed by atoms with Gasteiger partial charge in [-0.15, -0.1) is 0 Å². The molecule has 0 aromatic carbocycles. The minimum atomic E-state index is -0.0949. The Bertz CT molecular complexity index is 539. The molecule has 2 aliphatic rings. The van der Waals surface area contributed by atoms with Crippen LogP contribution in [0.5, 0.6) is 5.75 Å². The molecule has 1 aromatic heterocycles. The second-order valence-electron chi connectivity index (χ2n) is 5.89. The van der Waals surface area contributed by atoms with Crippen molar-refractivity contribution in [3.05, 3.63) is 22.4 Å². The zero-order chi connectivity index (χ0) is 14.7. The molecule has 0 amide bonds. The summed E-state index contributed by atoms with van der Waals surface area (Å²) in [6.07, 6.45) is 5.62. The van der Waals surface area contributed by atoms with E-state index in [9.17, 15) is 4.79 Å². The number of nitrogens with zero attached hydrogens (tertiary/aromatic N) is 3. The maximum Gasteiger partial charge on any atom is 0.296 e. The second-order valence-corrected chi connectivity index (χ2v) is 5.89. The average Bonchev–Trinajstić information content (AvgIpc) is 2.65. The van der Waals surface area contributed by atoms with Crippen LogP contribution in [0.3, 0.4) is 0 Å². The molecular weight excluding hydrogens is 270 g/mol. The molecule has 1 fully saturated rings. The molecular formula is C15H23N3O3. The number of ether oxygens (including phenoxy) is 2. The molecule has 1 saturated carbocycles. The normalized spacial score (nSPS) is 19.5. The predicted octanol–water partition coefficient (Wildman–Crippen LogP) is 0.884. The molecule has 6 nitrogen and oxygen atoms in total. The van der Waals surface area contributed by atoms with Gasteiger partial charge in [0.2, 0.25) is 5.75 Å². The minimum absolute atomic E-state index is 0.0949. The van der Waals surface area contributed by atoms with Gasteiger partial charge in [0.15, 0.2) is 0 Å². The molecule has 21 heavy (non-hydrogen) atoms. The number of hydrogen-bond acceptors (Lipinski definition) is 5. The fourth-order valence-electron chi connectivity index (χ4n) is 2.87. The van der Waals surface area contributed by atoms with E-state index in [0.717, 1.165) is 24.7 Å². The van der Waals surface area contributed by atoms with Crippen LogP contribution < -0.4 is 10.3 Å². The maximum atomic E-state index is 12.4. The Morgan fingerprint density at radius 1 is 1.48 bits per heavy atom. The first-order valence-electron chi connectivity index (χ1n) is 7.70. The Balaban J connectivity index is 1.75. The highest BCUT2D eigenvalue weighted by Gasteiger charge is 2.25. The van der Waals surface area contributed by atoms with E-state index in [1.807, 2.05) is 0 Å². The number of rotatable bonds is 5. The molecule has 0 N–H and O–H groups in total. The molecule has 1 aliphatic heterocycles. The molecule has 1 aliphatic carbocycles. The van der Waals surface area contributed by atoms with E-state index in [1.54, 1.807) is 18.0 Å². The van der Waals surface area contributed by atoms with Crippen molar-refractivity contribution in [1.29, 1.82) is 0 Å². The third-order valence-electron chi connectivity index (χ3n) is 4.37. The van der Waals surface area contributed by atoms with E-state index >= 15 is 0 Å². The van der Waals surface area contributed by atoms with Crippen LogP contribution in [0, 0.1) is 5.92 Å². The Labute approximate surface area is 124 Å². The predicted molar refractivity (Wildman–Crippen MR) is 78.5 cm³/mol. The Kier molecular flexibility index (Phi) is 4.55. The smallest absolute Gasteiger partial charge is 0.296 e. The Morgan fingerprint density at radius 3 is 3.05 bits per heavy atom. The second kappa shape index (κ2) is 6.58. The van der Waals surface area contributed by atoms with Crippen LogP contribution in [0.25, 0.3) is 0 Å². The molecule has 0 spiro atoms. The molecule has 0 bridgehead atoms. The lowest BCUT2D eigenvalue weighted by molar-refractivity contribution is 0.159. The first-order chi connectivity index (χ1) is 10.3. The van der Waals surface area contributed by atoms with Gasteiger partial charge in [0.05, 0.1) is 19.5 Å². The van der Waals surface area contributed by atoms with Crippen LogP contribution in [0.4, 0.5) is 0 Å². The third-order valence-corrected chi connectivity index (χ3v) is 4.37. The van der Waals surface area contributed by atoms with Crippen LogP contribution in [0.2, 0.25) is 0 Å². The summed E-state index contributed by atoms with van der Waals surface area (Å²) in [6.45, 7) is 4.23. The van der Waals surface area contributed by atoms with Crippen molar-refractivity contribution in [3.63, 3.8) is 0 Å². The van der Waals surface area contributed by atoms with Gasteiger partial charge in [-0.1, -0.05) is 6.42 Å². The van der Waals surface area contributed by atoms with Crippen molar-refractivity contribution < 1.29 is 9.47 Å². The van der Waals surface area contributed by atoms with Crippen LogP contribution in [-0.2, 0) is 17.8 Å². The van der Waals surface area contributed by atoms with Gasteiger partial charge in [0, 0.05) is 26.7 Å². The molecule has 0 saturated heterocycles. The van der Waals surface area contributed by atoms with E-state index in [1.165, 1.54) is 19.3 Å². The lowest BCUT2D eigenvalue weighted by atomic mass is 9.85. The van der Waals surface area contributed by atoms with Gasteiger partial charge in [-0.3, -0.25) is 14.3 Å². The van der Waals surface area contributed by atoms with Crippen molar-refractivity contribution in [2.45, 2.75) is 32.4 Å². The lowest BCUT2D eigenvalue weighted by Gasteiger charge is -2.31. The average molecular weight is 293 g/mol. The summed E-state index contributed by atoms with van der Waals surface area (Å²) >= 11 is 0. The summed E-state index contributed by atoms with van der Waals surface area (Å²) < 4.78 is 12.3. The molecule has 0 atom stereocenters. The zero-order valence-electron chi connectivity index (χ0n) is 12.6. The van der Waals surface area contributed by atoms with E-state index in [0.29, 0.717) is 32.1 Å². The molecule has 0 unspecified atom stereocenters. The molecule has 0 radical (unpaired) electrons. The van der Waals surface area contributed by atoms with Gasteiger partial charge in [0.1, 0.15) is 12.3 Å². The molecule has 116 valence electrons. The number of methoxy groups -OCH3 is 1. The highest BCUT2D eigenvalue weighted by atomic mass is 16.5. The summed E-state index contributed by atoms with van der Waals surface area (Å²) in [6, 6.07) is 0. The highest BCUT2D eigenvalue weighted by Crippen LogP contribution is 2.28. The molecule has 1 aromatic rings. The van der Waals surface area contributed by atoms with Crippen molar-refractivity contribution >= 4 is 0 Å². The van der Waals surface area contributed by atoms with E-state index in [2.05, 4.69) is 9.88 Å². The maximum absolute atomic E-state index is 12.4. The largest absolute Gasteiger partial charge is 0.485 e. The fourth-order valence-corrected chi connectivity index (χ4v) is 2.87. The van der Waals surface area contributed by atoms with Crippen molar-refractivity contribution in [3.8, 4) is 5.75 Å². The van der Waals surface area contributed by atoms with Gasteiger partial charge >= 0.3 is 0 Å². The summed E-state index contributed by atoms with van der Waals surface area (Å²) in [5.41, 5.74) is 0.674. The quantitative estimate of drug-likeness (QED) is 0.807. The zero-order valence-corrected chi connectivity index (χ0v) is 12.6. The van der Waals surface area contributed by atoms with Gasteiger partial charge in [-0.05, 0) is 18.8 Å². The van der Waals surface area contributed by atoms with Crippen LogP contribution in [-0.4, -0.2) is 47.9 Å². The SMILES string of the molecule is COCCn1cnc2c(c1=O)OCCN(CC1CCC1)C2. The minimum Gasteiger partial charge on any atom is -0.485 e. The van der Waals surface area contributed by atoms with Crippen molar-refractivity contribution in [1.82, 2.24) is 14.5 Å². The molecule has 3 rings (SSSR count). The first kappa shape index (κ1) is 14.5. The molecule has 2 heterocycles. The van der Waals surface area contributed by atoms with E-state index in [-0.39, 0.29) is 5.56 Å². The highest BCUT2D eigenvalue weighted by molar-refractivity contribution is 5.25. The van der Waals surface area contributed by atoms with Gasteiger partial charge < -0.3 is 9.47 Å². The first-order valence-corrected chi connectivity index (χ1v) is 7.70. The molecule has 6 heteroatoms. The number of hydrogen-bond donors (Lipinski definition) is 0. The summed E-state index contributed by atoms with van der Waals surface area (Å²) in [5, 5.41) is 0. The lowest BCUT2D eigenvalue weighted by Crippen LogP contribution is -2.33. The van der Waals surface area contributed by atoms with E-state index in [4.69, 9.17) is 9.47 Å². The summed E-state index contributed by atoms with van der Waals surface area (Å²) in [4.78, 5) is 19.2. The Morgan fingerprint density at radius 2 is 2.33 bits per heavy atom. The fraction of sp³-hybridized carbons (Fsp3) is 0.733. The monoisotopic (exact) mass is 293 g/mol. The summed E-state index contributed by atoms with van der Waals surface area (Å²) in [7, 11) is 1.62. The van der Waals surface area contributed by atoms with Gasteiger partial charge in [-0.25, -0.2) is 4.98 Å². The van der Waals surface area contributed by atoms with E-state index < -0.39 is 0 Å². The van der Waals surface area contributed by atoms with Crippen molar-refractivity contribution in [2.24, 2.45) is 5.92 Å². The van der Waals surface area contributed by atoms with Crippen molar-refractivity contribution in [2.75, 3.05) is 33.4 Å². The Hall–Kier alpha value is -1.40. The standard InChI is InChI=1S/C15H23N3O3/c1-20-7-6-18-11-16-13-10-17(9-12-3-2-4-12)5-8-21-14(13)15(18)19/h11-12H,2-10H2,1H3. The van der Waals surface area contributed by atoms with Crippen LogP contribution >= 0.6 is 0 Å².